The van der Waals surface area contributed by atoms with Gasteiger partial charge in [-0.05, 0) is 36.4 Å². The Morgan fingerprint density at radius 2 is 0.879 bits per heavy atom. The zero-order chi connectivity index (χ0) is 21.3. The molecule has 0 unspecified atom stereocenters. The molecule has 0 bridgehead atoms. The van der Waals surface area contributed by atoms with Gasteiger partial charge >= 0.3 is 0 Å². The second kappa shape index (κ2) is 5.63. The molecule has 5 aromatic carbocycles. The van der Waals surface area contributed by atoms with Crippen LogP contribution in [0.25, 0.3) is 78.4 Å². The minimum atomic E-state index is 1.32. The number of fused-ring (bicyclic) bond motifs is 12. The highest BCUT2D eigenvalue weighted by Crippen LogP contribution is 2.45. The van der Waals surface area contributed by atoms with Gasteiger partial charge in [-0.15, -0.1) is 22.7 Å². The lowest BCUT2D eigenvalue weighted by atomic mass is 10.0. The quantitative estimate of drug-likeness (QED) is 0.215. The largest absolute Gasteiger partial charge is 0.308 e. The van der Waals surface area contributed by atoms with Gasteiger partial charge in [0.2, 0.25) is 0 Å². The molecule has 4 heterocycles. The fraction of sp³-hybridized carbons (Fsp3) is 0. The van der Waals surface area contributed by atoms with E-state index in [1.54, 1.807) is 0 Å². The van der Waals surface area contributed by atoms with Gasteiger partial charge in [0, 0.05) is 61.9 Å². The molecule has 0 spiro atoms. The Bertz CT molecular complexity index is 2080. The molecular weight excluding hydrogens is 438 g/mol. The lowest BCUT2D eigenvalue weighted by molar-refractivity contribution is 1.38. The van der Waals surface area contributed by atoms with Crippen molar-refractivity contribution in [1.29, 1.82) is 0 Å². The lowest BCUT2D eigenvalue weighted by Gasteiger charge is -2.00. The fourth-order valence-corrected chi connectivity index (χ4v) is 8.15. The van der Waals surface area contributed by atoms with E-state index in [0.717, 1.165) is 0 Å². The van der Waals surface area contributed by atoms with Crippen LogP contribution in [-0.4, -0.2) is 4.40 Å². The van der Waals surface area contributed by atoms with Crippen LogP contribution in [0, 0.1) is 0 Å². The molecule has 9 rings (SSSR count). The molecule has 0 N–H and O–H groups in total. The van der Waals surface area contributed by atoms with Crippen molar-refractivity contribution < 1.29 is 0 Å². The van der Waals surface area contributed by atoms with E-state index in [-0.39, 0.29) is 0 Å². The van der Waals surface area contributed by atoms with Crippen molar-refractivity contribution in [1.82, 2.24) is 4.40 Å². The highest BCUT2D eigenvalue weighted by Gasteiger charge is 2.20. The first-order valence-corrected chi connectivity index (χ1v) is 12.8. The first-order chi connectivity index (χ1) is 16.3. The van der Waals surface area contributed by atoms with Gasteiger partial charge in [-0.3, -0.25) is 0 Å². The van der Waals surface area contributed by atoms with Gasteiger partial charge in [0.05, 0.1) is 16.6 Å². The van der Waals surface area contributed by atoms with Crippen LogP contribution in [0.1, 0.15) is 0 Å². The maximum atomic E-state index is 2.52. The van der Waals surface area contributed by atoms with Gasteiger partial charge in [0.1, 0.15) is 0 Å². The number of para-hydroxylation sites is 1. The Morgan fingerprint density at radius 3 is 1.42 bits per heavy atom. The second-order valence-electron chi connectivity index (χ2n) is 8.96. The standard InChI is InChI=1S/C30H15NS2/c1-3-10-26-16(6-1)22-12-20-18-8-5-9-19-21-13-23-17-7-2-4-11-27(17)33-29(23)15-25(21)31(30(18)19)24(20)14-28(22)32-26/h1-15H. The zero-order valence-corrected chi connectivity index (χ0v) is 19.1. The third-order valence-electron chi connectivity index (χ3n) is 7.31. The van der Waals surface area contributed by atoms with Crippen molar-refractivity contribution in [2.75, 3.05) is 0 Å². The first-order valence-electron chi connectivity index (χ1n) is 11.2. The molecule has 1 nitrogen and oxygen atoms in total. The van der Waals surface area contributed by atoms with E-state index in [2.05, 4.69) is 95.4 Å². The van der Waals surface area contributed by atoms with Crippen molar-refractivity contribution in [3.05, 3.63) is 91.0 Å². The molecule has 0 aliphatic rings. The van der Waals surface area contributed by atoms with Crippen molar-refractivity contribution in [3.63, 3.8) is 0 Å². The smallest absolute Gasteiger partial charge is 0.0620 e. The van der Waals surface area contributed by atoms with Crippen LogP contribution in [-0.2, 0) is 0 Å². The summed E-state index contributed by atoms with van der Waals surface area (Å²) in [5, 5.41) is 10.9. The predicted molar refractivity (Wildman–Crippen MR) is 147 cm³/mol. The summed E-state index contributed by atoms with van der Waals surface area (Å²) in [7, 11) is 0. The number of rotatable bonds is 0. The predicted octanol–water partition coefficient (Wildman–Crippen LogP) is 9.57. The molecule has 0 aliphatic carbocycles. The van der Waals surface area contributed by atoms with E-state index < -0.39 is 0 Å². The zero-order valence-electron chi connectivity index (χ0n) is 17.4. The van der Waals surface area contributed by atoms with Crippen LogP contribution in [0.3, 0.4) is 0 Å². The second-order valence-corrected chi connectivity index (χ2v) is 11.1. The van der Waals surface area contributed by atoms with E-state index in [9.17, 15) is 0 Å². The number of nitrogens with zero attached hydrogens (tertiary/aromatic N) is 1. The van der Waals surface area contributed by atoms with Crippen LogP contribution in [0.4, 0.5) is 0 Å². The highest BCUT2D eigenvalue weighted by atomic mass is 32.1. The Morgan fingerprint density at radius 1 is 0.394 bits per heavy atom. The van der Waals surface area contributed by atoms with Crippen molar-refractivity contribution >= 4 is 101 Å². The Kier molecular flexibility index (Phi) is 2.88. The summed E-state index contributed by atoms with van der Waals surface area (Å²) < 4.78 is 7.96. The molecular formula is C30H15NS2. The molecule has 0 amide bonds. The van der Waals surface area contributed by atoms with E-state index in [4.69, 9.17) is 0 Å². The van der Waals surface area contributed by atoms with E-state index in [1.807, 2.05) is 22.7 Å². The summed E-state index contributed by atoms with van der Waals surface area (Å²) >= 11 is 3.80. The van der Waals surface area contributed by atoms with Crippen LogP contribution < -0.4 is 0 Å². The Hall–Kier alpha value is -3.66. The molecule has 0 aliphatic heterocycles. The number of aromatic nitrogens is 1. The van der Waals surface area contributed by atoms with Crippen LogP contribution in [0.15, 0.2) is 91.0 Å². The van der Waals surface area contributed by atoms with E-state index in [0.29, 0.717) is 0 Å². The van der Waals surface area contributed by atoms with Gasteiger partial charge in [-0.1, -0.05) is 54.6 Å². The SMILES string of the molecule is c1ccc2c(c1)sc1cc3c(cc12)c1cccc2c4cc5c(cc4n3c12)sc1ccccc15. The Balaban J connectivity index is 1.54. The van der Waals surface area contributed by atoms with Crippen LogP contribution in [0.5, 0.6) is 0 Å². The minimum Gasteiger partial charge on any atom is -0.308 e. The molecule has 152 valence electrons. The summed E-state index contributed by atoms with van der Waals surface area (Å²) in [6, 6.07) is 34.1. The maximum Gasteiger partial charge on any atom is 0.0620 e. The van der Waals surface area contributed by atoms with Gasteiger partial charge in [-0.2, -0.15) is 0 Å². The highest BCUT2D eigenvalue weighted by molar-refractivity contribution is 7.26. The summed E-state index contributed by atoms with van der Waals surface area (Å²) in [4.78, 5) is 0. The molecule has 33 heavy (non-hydrogen) atoms. The van der Waals surface area contributed by atoms with E-state index in [1.165, 1.54) is 78.4 Å². The summed E-state index contributed by atoms with van der Waals surface area (Å²) in [6.45, 7) is 0. The first kappa shape index (κ1) is 16.9. The summed E-state index contributed by atoms with van der Waals surface area (Å²) in [5.41, 5.74) is 3.98. The summed E-state index contributed by atoms with van der Waals surface area (Å²) in [5.74, 6) is 0. The summed E-state index contributed by atoms with van der Waals surface area (Å²) in [6.07, 6.45) is 0. The van der Waals surface area contributed by atoms with Gasteiger partial charge in [0.15, 0.2) is 0 Å². The average molecular weight is 454 g/mol. The minimum absolute atomic E-state index is 1.32. The van der Waals surface area contributed by atoms with Crippen LogP contribution in [0.2, 0.25) is 0 Å². The number of hydrogen-bond donors (Lipinski definition) is 0. The third-order valence-corrected chi connectivity index (χ3v) is 9.58. The molecule has 0 fully saturated rings. The number of hydrogen-bond acceptors (Lipinski definition) is 2. The van der Waals surface area contributed by atoms with Crippen molar-refractivity contribution in [2.45, 2.75) is 0 Å². The molecule has 0 atom stereocenters. The Labute approximate surface area is 196 Å². The number of thiophene rings is 2. The fourth-order valence-electron chi connectivity index (χ4n) is 5.91. The third kappa shape index (κ3) is 1.95. The molecule has 3 heteroatoms. The molecule has 0 radical (unpaired) electrons. The lowest BCUT2D eigenvalue weighted by Crippen LogP contribution is -1.80. The molecule has 9 aromatic rings. The van der Waals surface area contributed by atoms with Gasteiger partial charge in [0.25, 0.3) is 0 Å². The van der Waals surface area contributed by atoms with Crippen LogP contribution >= 0.6 is 22.7 Å². The van der Waals surface area contributed by atoms with Crippen molar-refractivity contribution in [3.8, 4) is 0 Å². The maximum absolute atomic E-state index is 2.52. The topological polar surface area (TPSA) is 4.41 Å². The molecule has 0 saturated heterocycles. The van der Waals surface area contributed by atoms with Crippen molar-refractivity contribution in [2.24, 2.45) is 0 Å². The molecule has 4 aromatic heterocycles. The normalized spacial score (nSPS) is 12.8. The molecule has 0 saturated carbocycles. The van der Waals surface area contributed by atoms with Gasteiger partial charge in [-0.25, -0.2) is 0 Å². The average Bonchev–Trinajstić information content (AvgIpc) is 3.57. The van der Waals surface area contributed by atoms with E-state index >= 15 is 0 Å². The van der Waals surface area contributed by atoms with Gasteiger partial charge < -0.3 is 4.40 Å². The number of benzene rings is 5. The monoisotopic (exact) mass is 453 g/mol.